The summed E-state index contributed by atoms with van der Waals surface area (Å²) >= 11 is 0. The smallest absolute Gasteiger partial charge is 0.338 e. The largest absolute Gasteiger partial charge is 0.462 e. The molecule has 1 aromatic rings. The van der Waals surface area contributed by atoms with E-state index in [0.29, 0.717) is 17.8 Å². The van der Waals surface area contributed by atoms with E-state index in [1.54, 1.807) is 0 Å². The number of hydrogen-bond acceptors (Lipinski definition) is 6. The fraction of sp³-hybridized carbons (Fsp3) is 0.615. The Bertz CT molecular complexity index is 991. The second-order valence-corrected chi connectivity index (χ2v) is 13.5. The maximum atomic E-state index is 13.0. The van der Waals surface area contributed by atoms with Crippen LogP contribution in [0.4, 0.5) is 0 Å². The van der Waals surface area contributed by atoms with E-state index in [9.17, 15) is 14.4 Å². The molecule has 1 aromatic carbocycles. The average molecular weight is 625 g/mol. The number of carbonyl (C=O) groups excluding carboxylic acids is 3. The van der Waals surface area contributed by atoms with Crippen molar-refractivity contribution in [3.63, 3.8) is 0 Å². The van der Waals surface area contributed by atoms with Crippen LogP contribution in [-0.4, -0.2) is 37.7 Å². The van der Waals surface area contributed by atoms with Gasteiger partial charge in [-0.15, -0.1) is 0 Å². The van der Waals surface area contributed by atoms with E-state index in [1.165, 1.54) is 34.9 Å². The van der Waals surface area contributed by atoms with Crippen molar-refractivity contribution < 1.29 is 28.6 Å². The van der Waals surface area contributed by atoms with Gasteiger partial charge in [0.05, 0.1) is 36.5 Å². The van der Waals surface area contributed by atoms with Gasteiger partial charge in [0.2, 0.25) is 0 Å². The van der Waals surface area contributed by atoms with Gasteiger partial charge >= 0.3 is 17.9 Å². The Labute approximate surface area is 273 Å². The highest BCUT2D eigenvalue weighted by Crippen LogP contribution is 2.19. The molecule has 45 heavy (non-hydrogen) atoms. The van der Waals surface area contributed by atoms with Crippen molar-refractivity contribution in [2.75, 3.05) is 19.8 Å². The third kappa shape index (κ3) is 19.1. The van der Waals surface area contributed by atoms with Crippen LogP contribution >= 0.6 is 0 Å². The van der Waals surface area contributed by atoms with Crippen LogP contribution in [0.15, 0.2) is 53.1 Å². The van der Waals surface area contributed by atoms with E-state index < -0.39 is 17.9 Å². The molecular weight excluding hydrogens is 564 g/mol. The first-order valence-electron chi connectivity index (χ1n) is 16.8. The summed E-state index contributed by atoms with van der Waals surface area (Å²) in [5, 5.41) is 0. The zero-order chi connectivity index (χ0) is 33.8. The minimum absolute atomic E-state index is 0.138. The fourth-order valence-corrected chi connectivity index (χ4v) is 4.69. The zero-order valence-corrected chi connectivity index (χ0v) is 29.6. The van der Waals surface area contributed by atoms with E-state index in [2.05, 4.69) is 80.5 Å². The Morgan fingerprint density at radius 3 is 0.956 bits per heavy atom. The number of carbonyl (C=O) groups is 3. The van der Waals surface area contributed by atoms with Crippen LogP contribution in [0.3, 0.4) is 0 Å². The molecule has 0 spiro atoms. The van der Waals surface area contributed by atoms with Crippen LogP contribution in [0.5, 0.6) is 0 Å². The molecular formula is C39H60O6. The summed E-state index contributed by atoms with van der Waals surface area (Å²) in [6, 6.07) is 4.34. The van der Waals surface area contributed by atoms with Gasteiger partial charge in [-0.2, -0.15) is 0 Å². The fourth-order valence-electron chi connectivity index (χ4n) is 4.69. The number of hydrogen-bond donors (Lipinski definition) is 0. The van der Waals surface area contributed by atoms with Gasteiger partial charge in [0.15, 0.2) is 0 Å². The number of ether oxygens (including phenoxy) is 3. The van der Waals surface area contributed by atoms with Crippen LogP contribution in [0.1, 0.15) is 151 Å². The molecule has 3 unspecified atom stereocenters. The standard InChI is InChI=1S/C39H60O6/c1-28(2)13-10-16-31(7)19-22-43-37(40)34-25-35(38(41)44-23-20-32(8)17-11-14-29(3)4)27-36(26-34)39(42)45-24-21-33(9)18-12-15-30(5)6/h13-15,25-27,31-33H,10-12,16-24H2,1-9H3. The lowest BCUT2D eigenvalue weighted by molar-refractivity contribution is 0.0481. The van der Waals surface area contributed by atoms with E-state index in [1.807, 2.05) is 0 Å². The van der Waals surface area contributed by atoms with Crippen LogP contribution in [0, 0.1) is 17.8 Å². The quantitative estimate of drug-likeness (QED) is 0.0769. The molecule has 0 N–H and O–H groups in total. The number of rotatable bonds is 21. The first-order valence-corrected chi connectivity index (χ1v) is 16.8. The van der Waals surface area contributed by atoms with Crippen LogP contribution in [0.25, 0.3) is 0 Å². The molecule has 1 rings (SSSR count). The third-order valence-electron chi connectivity index (χ3n) is 7.81. The number of esters is 3. The van der Waals surface area contributed by atoms with Crippen LogP contribution in [-0.2, 0) is 14.2 Å². The van der Waals surface area contributed by atoms with E-state index in [4.69, 9.17) is 14.2 Å². The summed E-state index contributed by atoms with van der Waals surface area (Å²) in [6.07, 6.45) is 14.9. The molecule has 0 saturated carbocycles. The molecule has 0 aliphatic rings. The summed E-state index contributed by atoms with van der Waals surface area (Å²) in [5.41, 5.74) is 4.30. The van der Waals surface area contributed by atoms with Gasteiger partial charge in [-0.1, -0.05) is 55.7 Å². The lowest BCUT2D eigenvalue weighted by Gasteiger charge is -2.14. The summed E-state index contributed by atoms with van der Waals surface area (Å²) in [5.74, 6) is -0.528. The van der Waals surface area contributed by atoms with Gasteiger partial charge in [-0.3, -0.25) is 0 Å². The van der Waals surface area contributed by atoms with E-state index >= 15 is 0 Å². The van der Waals surface area contributed by atoms with Crippen molar-refractivity contribution in [3.8, 4) is 0 Å². The molecule has 6 nitrogen and oxygen atoms in total. The van der Waals surface area contributed by atoms with Gasteiger partial charge in [-0.05, 0) is 135 Å². The van der Waals surface area contributed by atoms with Gasteiger partial charge in [-0.25, -0.2) is 14.4 Å². The topological polar surface area (TPSA) is 78.9 Å². The predicted molar refractivity (Wildman–Crippen MR) is 185 cm³/mol. The van der Waals surface area contributed by atoms with Crippen molar-refractivity contribution in [2.45, 2.75) is 120 Å². The Morgan fingerprint density at radius 1 is 0.489 bits per heavy atom. The Balaban J connectivity index is 2.91. The molecule has 0 bridgehead atoms. The van der Waals surface area contributed by atoms with Crippen molar-refractivity contribution in [2.24, 2.45) is 17.8 Å². The lowest BCUT2D eigenvalue weighted by Crippen LogP contribution is -2.15. The second-order valence-electron chi connectivity index (χ2n) is 13.5. The SMILES string of the molecule is CC(C)=CCCC(C)CCOC(=O)c1cc(C(=O)OCCC(C)CCC=C(C)C)cc(C(=O)OCCC(C)CCC=C(C)C)c1. The molecule has 0 aliphatic carbocycles. The Kier molecular flexibility index (Phi) is 19.8. The minimum Gasteiger partial charge on any atom is -0.462 e. The molecule has 0 saturated heterocycles. The first-order chi connectivity index (χ1) is 21.3. The van der Waals surface area contributed by atoms with Gasteiger partial charge in [0, 0.05) is 0 Å². The average Bonchev–Trinajstić information content (AvgIpc) is 2.96. The molecule has 0 aliphatic heterocycles. The van der Waals surface area contributed by atoms with E-state index in [0.717, 1.165) is 57.8 Å². The molecule has 0 heterocycles. The van der Waals surface area contributed by atoms with Gasteiger partial charge in [0.25, 0.3) is 0 Å². The van der Waals surface area contributed by atoms with Crippen molar-refractivity contribution in [3.05, 3.63) is 69.8 Å². The third-order valence-corrected chi connectivity index (χ3v) is 7.81. The summed E-state index contributed by atoms with van der Waals surface area (Å²) < 4.78 is 16.7. The van der Waals surface area contributed by atoms with E-state index in [-0.39, 0.29) is 36.5 Å². The predicted octanol–water partition coefficient (Wildman–Crippen LogP) is 10.5. The van der Waals surface area contributed by atoms with Crippen molar-refractivity contribution in [1.82, 2.24) is 0 Å². The van der Waals surface area contributed by atoms with Crippen molar-refractivity contribution in [1.29, 1.82) is 0 Å². The number of allylic oxidation sites excluding steroid dienone is 6. The van der Waals surface area contributed by atoms with Gasteiger partial charge < -0.3 is 14.2 Å². The Hall–Kier alpha value is -3.15. The molecule has 3 atom stereocenters. The first kappa shape index (κ1) is 39.9. The maximum absolute atomic E-state index is 13.0. The molecule has 0 fully saturated rings. The van der Waals surface area contributed by atoms with Crippen LogP contribution < -0.4 is 0 Å². The molecule has 0 radical (unpaired) electrons. The molecule has 0 aromatic heterocycles. The summed E-state index contributed by atoms with van der Waals surface area (Å²) in [6.45, 7) is 19.7. The van der Waals surface area contributed by atoms with Crippen molar-refractivity contribution >= 4 is 17.9 Å². The summed E-state index contributed by atoms with van der Waals surface area (Å²) in [7, 11) is 0. The lowest BCUT2D eigenvalue weighted by atomic mass is 10.0. The molecule has 252 valence electrons. The molecule has 6 heteroatoms. The zero-order valence-electron chi connectivity index (χ0n) is 29.6. The minimum atomic E-state index is -0.573. The number of benzene rings is 1. The highest BCUT2D eigenvalue weighted by atomic mass is 16.5. The monoisotopic (exact) mass is 624 g/mol. The van der Waals surface area contributed by atoms with Gasteiger partial charge in [0.1, 0.15) is 0 Å². The summed E-state index contributed by atoms with van der Waals surface area (Å²) in [4.78, 5) is 39.1. The normalized spacial score (nSPS) is 12.7. The highest BCUT2D eigenvalue weighted by Gasteiger charge is 2.20. The van der Waals surface area contributed by atoms with Crippen LogP contribution in [0.2, 0.25) is 0 Å². The second kappa shape index (κ2) is 22.4. The Morgan fingerprint density at radius 2 is 0.733 bits per heavy atom. The maximum Gasteiger partial charge on any atom is 0.338 e. The molecule has 0 amide bonds. The highest BCUT2D eigenvalue weighted by molar-refractivity contribution is 6.00.